The zero-order valence-electron chi connectivity index (χ0n) is 16.7. The molecule has 3 unspecified atom stereocenters. The molecule has 3 aliphatic rings. The zero-order valence-corrected chi connectivity index (χ0v) is 18.3. The maximum Gasteiger partial charge on any atom is 0.272 e. The summed E-state index contributed by atoms with van der Waals surface area (Å²) in [6.45, 7) is 3.82. The fourth-order valence-electron chi connectivity index (χ4n) is 4.06. The summed E-state index contributed by atoms with van der Waals surface area (Å²) < 4.78 is 65.9. The molecule has 0 saturated carbocycles. The summed E-state index contributed by atoms with van der Waals surface area (Å²) in [5.74, 6) is -0.0837. The van der Waals surface area contributed by atoms with Gasteiger partial charge in [-0.05, 0) is 65.5 Å². The standard InChI is InChI=1S/C21H20N2O7S2/c1-12-6-14-8-15(4-5-18(14)20(24)7-12)22-23-16-3-2-13-9-17(31(25,26)27)11-21(19(13)10-16)32(28,29)30/h2-8,10,17-18,21,24H,1,9,11H2,(H,25,26,27)(H,28,29,30). The van der Waals surface area contributed by atoms with Gasteiger partial charge in [-0.25, -0.2) is 0 Å². The Kier molecular flexibility index (Phi) is 5.53. The van der Waals surface area contributed by atoms with E-state index < -0.39 is 37.2 Å². The summed E-state index contributed by atoms with van der Waals surface area (Å²) in [6.07, 6.45) is 8.08. The fourth-order valence-corrected chi connectivity index (χ4v) is 6.03. The van der Waals surface area contributed by atoms with E-state index in [4.69, 9.17) is 0 Å². The number of allylic oxidation sites excluding steroid dienone is 6. The lowest BCUT2D eigenvalue weighted by molar-refractivity contribution is 0.370. The molecule has 11 heteroatoms. The van der Waals surface area contributed by atoms with Crippen molar-refractivity contribution in [1.82, 2.24) is 0 Å². The minimum atomic E-state index is -4.62. The van der Waals surface area contributed by atoms with Gasteiger partial charge < -0.3 is 5.11 Å². The molecule has 0 bridgehead atoms. The number of rotatable bonds is 4. The van der Waals surface area contributed by atoms with E-state index in [0.717, 1.165) is 5.57 Å². The van der Waals surface area contributed by atoms with Crippen molar-refractivity contribution in [1.29, 1.82) is 0 Å². The number of aliphatic hydroxyl groups excluding tert-OH is 1. The summed E-state index contributed by atoms with van der Waals surface area (Å²) in [5.41, 5.74) is 2.88. The molecule has 0 spiro atoms. The van der Waals surface area contributed by atoms with Crippen LogP contribution in [-0.4, -0.2) is 36.3 Å². The molecule has 0 aromatic heterocycles. The van der Waals surface area contributed by atoms with Crippen LogP contribution in [-0.2, 0) is 26.7 Å². The van der Waals surface area contributed by atoms with E-state index in [0.29, 0.717) is 22.5 Å². The number of aliphatic hydroxyl groups is 1. The van der Waals surface area contributed by atoms with Gasteiger partial charge >= 0.3 is 0 Å². The summed E-state index contributed by atoms with van der Waals surface area (Å²) in [7, 11) is -9.10. The molecule has 32 heavy (non-hydrogen) atoms. The Morgan fingerprint density at radius 2 is 1.75 bits per heavy atom. The van der Waals surface area contributed by atoms with Crippen LogP contribution in [0, 0.1) is 5.92 Å². The average Bonchev–Trinajstić information content (AvgIpc) is 2.69. The van der Waals surface area contributed by atoms with Crippen molar-refractivity contribution in [3.05, 3.63) is 88.9 Å². The molecule has 4 rings (SSSR count). The van der Waals surface area contributed by atoms with E-state index >= 15 is 0 Å². The topological polar surface area (TPSA) is 154 Å². The van der Waals surface area contributed by atoms with E-state index in [9.17, 15) is 31.0 Å². The second kappa shape index (κ2) is 7.93. The van der Waals surface area contributed by atoms with Crippen molar-refractivity contribution in [2.75, 3.05) is 0 Å². The van der Waals surface area contributed by atoms with E-state index in [2.05, 4.69) is 16.8 Å². The number of nitrogens with zero attached hydrogens (tertiary/aromatic N) is 2. The molecule has 168 valence electrons. The van der Waals surface area contributed by atoms with Crippen molar-refractivity contribution in [3.63, 3.8) is 0 Å². The molecule has 0 heterocycles. The average molecular weight is 477 g/mol. The number of hydrogen-bond acceptors (Lipinski definition) is 7. The third-order valence-electron chi connectivity index (χ3n) is 5.60. The largest absolute Gasteiger partial charge is 0.511 e. The molecule has 3 N–H and O–H groups in total. The Bertz CT molecular complexity index is 1370. The van der Waals surface area contributed by atoms with Gasteiger partial charge in [-0.2, -0.15) is 27.1 Å². The maximum absolute atomic E-state index is 11.9. The second-order valence-electron chi connectivity index (χ2n) is 7.86. The normalized spacial score (nSPS) is 25.6. The summed E-state index contributed by atoms with van der Waals surface area (Å²) in [5, 5.41) is 15.5. The van der Waals surface area contributed by atoms with Crippen molar-refractivity contribution in [2.45, 2.75) is 23.3 Å². The highest BCUT2D eigenvalue weighted by Crippen LogP contribution is 2.39. The van der Waals surface area contributed by atoms with Gasteiger partial charge in [0, 0.05) is 0 Å². The van der Waals surface area contributed by atoms with Crippen molar-refractivity contribution >= 4 is 25.9 Å². The van der Waals surface area contributed by atoms with Gasteiger partial charge in [0.1, 0.15) is 11.0 Å². The van der Waals surface area contributed by atoms with Gasteiger partial charge in [-0.3, -0.25) is 9.11 Å². The molecule has 0 fully saturated rings. The van der Waals surface area contributed by atoms with Crippen LogP contribution in [0.3, 0.4) is 0 Å². The molecule has 0 aliphatic heterocycles. The molecule has 0 saturated heterocycles. The quantitative estimate of drug-likeness (QED) is 0.440. The van der Waals surface area contributed by atoms with Gasteiger partial charge in [0.25, 0.3) is 20.2 Å². The number of azo groups is 1. The van der Waals surface area contributed by atoms with Crippen LogP contribution >= 0.6 is 0 Å². The maximum atomic E-state index is 11.9. The zero-order chi connectivity index (χ0) is 23.3. The first kappa shape index (κ1) is 22.3. The Labute approximate surface area is 185 Å². The third kappa shape index (κ3) is 4.51. The molecule has 0 amide bonds. The third-order valence-corrected chi connectivity index (χ3v) is 7.97. The highest BCUT2D eigenvalue weighted by molar-refractivity contribution is 7.87. The van der Waals surface area contributed by atoms with E-state index in [1.54, 1.807) is 30.4 Å². The van der Waals surface area contributed by atoms with Crippen molar-refractivity contribution in [3.8, 4) is 0 Å². The predicted molar refractivity (Wildman–Crippen MR) is 118 cm³/mol. The lowest BCUT2D eigenvalue weighted by atomic mass is 9.86. The highest BCUT2D eigenvalue weighted by atomic mass is 32.2. The SMILES string of the molecule is C=C1C=C(O)C2C=CC(N=Nc3ccc4c(c3)C(S(=O)(=O)O)CC(S(=O)(=O)O)C4)=CC2=C1. The lowest BCUT2D eigenvalue weighted by Gasteiger charge is -2.28. The summed E-state index contributed by atoms with van der Waals surface area (Å²) in [4.78, 5) is 0. The Hall–Kier alpha value is -2.86. The van der Waals surface area contributed by atoms with Crippen LogP contribution in [0.2, 0.25) is 0 Å². The molecule has 1 aromatic rings. The monoisotopic (exact) mass is 476 g/mol. The highest BCUT2D eigenvalue weighted by Gasteiger charge is 2.39. The van der Waals surface area contributed by atoms with Crippen molar-refractivity contribution in [2.24, 2.45) is 16.1 Å². The van der Waals surface area contributed by atoms with Crippen LogP contribution in [0.5, 0.6) is 0 Å². The smallest absolute Gasteiger partial charge is 0.272 e. The van der Waals surface area contributed by atoms with E-state index in [-0.39, 0.29) is 23.7 Å². The summed E-state index contributed by atoms with van der Waals surface area (Å²) in [6, 6.07) is 4.49. The van der Waals surface area contributed by atoms with E-state index in [1.807, 2.05) is 6.08 Å². The Morgan fingerprint density at radius 3 is 2.44 bits per heavy atom. The first-order chi connectivity index (χ1) is 14.9. The van der Waals surface area contributed by atoms with Crippen LogP contribution < -0.4 is 0 Å². The van der Waals surface area contributed by atoms with Crippen molar-refractivity contribution < 1.29 is 31.0 Å². The second-order valence-corrected chi connectivity index (χ2v) is 11.2. The van der Waals surface area contributed by atoms with Gasteiger partial charge in [0.2, 0.25) is 0 Å². The lowest BCUT2D eigenvalue weighted by Crippen LogP contribution is -2.32. The first-order valence-corrected chi connectivity index (χ1v) is 12.6. The van der Waals surface area contributed by atoms with Gasteiger partial charge in [0.05, 0.1) is 22.6 Å². The van der Waals surface area contributed by atoms with Gasteiger partial charge in [0.15, 0.2) is 0 Å². The van der Waals surface area contributed by atoms with Crippen LogP contribution in [0.1, 0.15) is 22.8 Å². The number of fused-ring (bicyclic) bond motifs is 2. The molecule has 0 radical (unpaired) electrons. The van der Waals surface area contributed by atoms with Gasteiger partial charge in [-0.15, -0.1) is 0 Å². The van der Waals surface area contributed by atoms with Crippen LogP contribution in [0.4, 0.5) is 5.69 Å². The fraction of sp³-hybridized carbons (Fsp3) is 0.238. The molecule has 3 atom stereocenters. The van der Waals surface area contributed by atoms with Crippen LogP contribution in [0.15, 0.2) is 88.0 Å². The van der Waals surface area contributed by atoms with E-state index in [1.165, 1.54) is 12.1 Å². The van der Waals surface area contributed by atoms with Crippen LogP contribution in [0.25, 0.3) is 0 Å². The Morgan fingerprint density at radius 1 is 1.00 bits per heavy atom. The first-order valence-electron chi connectivity index (χ1n) is 9.60. The molecule has 3 aliphatic carbocycles. The molecular formula is C21H20N2O7S2. The molecule has 9 nitrogen and oxygen atoms in total. The molecule has 1 aromatic carbocycles. The minimum absolute atomic E-state index is 0.0814. The Balaban J connectivity index is 1.64. The predicted octanol–water partition coefficient (Wildman–Crippen LogP) is 3.91. The number of benzene rings is 1. The van der Waals surface area contributed by atoms with Gasteiger partial charge in [-0.1, -0.05) is 24.8 Å². The summed E-state index contributed by atoms with van der Waals surface area (Å²) >= 11 is 0. The number of hydrogen-bond donors (Lipinski definition) is 3. The molecular weight excluding hydrogens is 456 g/mol. The minimum Gasteiger partial charge on any atom is -0.511 e.